The Kier molecular flexibility index (Phi) is 6.78. The van der Waals surface area contributed by atoms with Crippen molar-refractivity contribution >= 4 is 40.3 Å². The molecule has 1 amide bonds. The number of anilines is 4. The Balaban J connectivity index is 1.10. The highest BCUT2D eigenvalue weighted by Crippen LogP contribution is 2.55. The van der Waals surface area contributed by atoms with Gasteiger partial charge in [0.25, 0.3) is 11.5 Å². The standard InChI is InChI=1S/C31H32FN7O2S/c1-37-11-13-39(14-12-37)21-7-5-20(6-8-21)33-29-31(41)38(2)17-25(35-29)24-10-9-23(32)28(34-24)36-30(40)26-16-22-18-3-4-19(15-18)27(22)42-26/h5-10,16-19H,3-4,11-15H2,1-2H3,(H,33,35)(H,34,36,40). The Morgan fingerprint density at radius 3 is 2.45 bits per heavy atom. The number of hydrogen-bond donors (Lipinski definition) is 2. The molecule has 11 heteroatoms. The van der Waals surface area contributed by atoms with Crippen LogP contribution in [0.3, 0.4) is 0 Å². The van der Waals surface area contributed by atoms with Crippen molar-refractivity contribution in [1.82, 2.24) is 19.4 Å². The summed E-state index contributed by atoms with van der Waals surface area (Å²) >= 11 is 1.51. The van der Waals surface area contributed by atoms with E-state index in [0.29, 0.717) is 28.1 Å². The van der Waals surface area contributed by atoms with Crippen LogP contribution in [0.1, 0.15) is 51.2 Å². The van der Waals surface area contributed by atoms with Gasteiger partial charge in [0, 0.05) is 55.7 Å². The number of likely N-dealkylation sites (N-methyl/N-ethyl adjacent to an activating group) is 1. The van der Waals surface area contributed by atoms with Gasteiger partial charge in [-0.15, -0.1) is 11.3 Å². The van der Waals surface area contributed by atoms with Crippen molar-refractivity contribution < 1.29 is 9.18 Å². The van der Waals surface area contributed by atoms with Gasteiger partial charge in [-0.25, -0.2) is 14.4 Å². The fourth-order valence-electron chi connectivity index (χ4n) is 6.28. The van der Waals surface area contributed by atoms with Gasteiger partial charge in [0.2, 0.25) is 0 Å². The monoisotopic (exact) mass is 585 g/mol. The number of aryl methyl sites for hydroxylation is 1. The lowest BCUT2D eigenvalue weighted by atomic mass is 9.99. The molecule has 0 spiro atoms. The van der Waals surface area contributed by atoms with E-state index in [0.717, 1.165) is 37.6 Å². The molecule has 42 heavy (non-hydrogen) atoms. The average Bonchev–Trinajstić information content (AvgIpc) is 3.72. The van der Waals surface area contributed by atoms with E-state index in [1.807, 2.05) is 30.3 Å². The maximum Gasteiger partial charge on any atom is 0.293 e. The predicted octanol–water partition coefficient (Wildman–Crippen LogP) is 5.16. The number of halogens is 1. The zero-order valence-corrected chi connectivity index (χ0v) is 24.4. The van der Waals surface area contributed by atoms with Gasteiger partial charge in [-0.1, -0.05) is 0 Å². The Hall–Kier alpha value is -4.09. The van der Waals surface area contributed by atoms with Crippen LogP contribution in [0.15, 0.2) is 53.5 Å². The first-order valence-electron chi connectivity index (χ1n) is 14.3. The van der Waals surface area contributed by atoms with Gasteiger partial charge in [0.15, 0.2) is 17.5 Å². The molecule has 1 saturated carbocycles. The molecule has 2 N–H and O–H groups in total. The molecule has 0 radical (unpaired) electrons. The topological polar surface area (TPSA) is 95.4 Å². The maximum atomic E-state index is 14.8. The number of thiophene rings is 1. The molecule has 2 fully saturated rings. The molecule has 4 aromatic rings. The predicted molar refractivity (Wildman–Crippen MR) is 164 cm³/mol. The highest BCUT2D eigenvalue weighted by molar-refractivity contribution is 7.14. The summed E-state index contributed by atoms with van der Waals surface area (Å²) in [7, 11) is 3.76. The van der Waals surface area contributed by atoms with Gasteiger partial charge in [0.05, 0.1) is 10.6 Å². The highest BCUT2D eigenvalue weighted by atomic mass is 32.1. The molecule has 9 nitrogen and oxygen atoms in total. The number of fused-ring (bicyclic) bond motifs is 5. The molecule has 3 aromatic heterocycles. The van der Waals surface area contributed by atoms with Crippen molar-refractivity contribution in [2.45, 2.75) is 31.1 Å². The van der Waals surface area contributed by atoms with Gasteiger partial charge < -0.3 is 25.0 Å². The van der Waals surface area contributed by atoms with Crippen molar-refractivity contribution in [3.63, 3.8) is 0 Å². The second-order valence-electron chi connectivity index (χ2n) is 11.5. The summed E-state index contributed by atoms with van der Waals surface area (Å²) in [6.07, 6.45) is 5.10. The SMILES string of the molecule is CN1CCN(c2ccc(Nc3nc(-c4ccc(F)c(NC(=O)c5cc6c(s5)C5CCC6C5)n4)cn(C)c3=O)cc2)CC1. The Labute approximate surface area is 247 Å². The summed E-state index contributed by atoms with van der Waals surface area (Å²) in [6, 6.07) is 12.6. The van der Waals surface area contributed by atoms with Crippen LogP contribution < -0.4 is 21.1 Å². The van der Waals surface area contributed by atoms with Crippen LogP contribution in [0.4, 0.5) is 27.4 Å². The van der Waals surface area contributed by atoms with E-state index in [9.17, 15) is 14.0 Å². The van der Waals surface area contributed by atoms with Gasteiger partial charge in [-0.2, -0.15) is 0 Å². The number of carbonyl (C=O) groups is 1. The molecule has 1 aromatic carbocycles. The van der Waals surface area contributed by atoms with Crippen molar-refractivity contribution in [2.75, 3.05) is 48.8 Å². The molecule has 7 rings (SSSR count). The smallest absolute Gasteiger partial charge is 0.293 e. The first-order valence-corrected chi connectivity index (χ1v) is 15.1. The molecule has 2 atom stereocenters. The summed E-state index contributed by atoms with van der Waals surface area (Å²) in [5, 5.41) is 5.79. The molecule has 1 aliphatic heterocycles. The van der Waals surface area contributed by atoms with Gasteiger partial charge >= 0.3 is 0 Å². The zero-order chi connectivity index (χ0) is 29.0. The van der Waals surface area contributed by atoms with E-state index in [1.165, 1.54) is 57.7 Å². The van der Waals surface area contributed by atoms with Crippen LogP contribution >= 0.6 is 11.3 Å². The summed E-state index contributed by atoms with van der Waals surface area (Å²) in [4.78, 5) is 41.4. The second kappa shape index (κ2) is 10.6. The Morgan fingerprint density at radius 2 is 1.69 bits per heavy atom. The number of hydrogen-bond acceptors (Lipinski definition) is 8. The average molecular weight is 586 g/mol. The molecule has 2 aliphatic carbocycles. The van der Waals surface area contributed by atoms with E-state index in [2.05, 4.69) is 37.4 Å². The lowest BCUT2D eigenvalue weighted by Gasteiger charge is -2.34. The minimum Gasteiger partial charge on any atom is -0.369 e. The number of nitrogens with zero attached hydrogens (tertiary/aromatic N) is 5. The molecule has 2 bridgehead atoms. The summed E-state index contributed by atoms with van der Waals surface area (Å²) in [6.45, 7) is 3.98. The number of aromatic nitrogens is 3. The normalized spacial score (nSPS) is 19.6. The number of pyridine rings is 1. The lowest BCUT2D eigenvalue weighted by Crippen LogP contribution is -2.44. The molecule has 3 aliphatic rings. The Morgan fingerprint density at radius 1 is 0.952 bits per heavy atom. The van der Waals surface area contributed by atoms with E-state index < -0.39 is 5.82 Å². The van der Waals surface area contributed by atoms with Gasteiger partial charge in [0.1, 0.15) is 5.69 Å². The second-order valence-corrected chi connectivity index (χ2v) is 12.6. The van der Waals surface area contributed by atoms with Crippen LogP contribution in [0.5, 0.6) is 0 Å². The fourth-order valence-corrected chi connectivity index (χ4v) is 7.57. The Bertz CT molecular complexity index is 1700. The minimum absolute atomic E-state index is 0.127. The number of rotatable bonds is 6. The summed E-state index contributed by atoms with van der Waals surface area (Å²) in [5.41, 5.74) is 3.54. The fraction of sp³-hybridized carbons (Fsp3) is 0.355. The van der Waals surface area contributed by atoms with Crippen LogP contribution in [0, 0.1) is 5.82 Å². The van der Waals surface area contributed by atoms with Crippen LogP contribution in [0.25, 0.3) is 11.4 Å². The molecule has 1 saturated heterocycles. The largest absolute Gasteiger partial charge is 0.369 e. The molecule has 4 heterocycles. The van der Waals surface area contributed by atoms with E-state index >= 15 is 0 Å². The highest BCUT2D eigenvalue weighted by Gasteiger charge is 2.39. The molecule has 2 unspecified atom stereocenters. The van der Waals surface area contributed by atoms with Crippen molar-refractivity contribution in [1.29, 1.82) is 0 Å². The van der Waals surface area contributed by atoms with E-state index in [1.54, 1.807) is 13.2 Å². The maximum absolute atomic E-state index is 14.8. The number of nitrogens with one attached hydrogen (secondary N) is 2. The van der Waals surface area contributed by atoms with Crippen molar-refractivity contribution in [3.05, 3.63) is 80.2 Å². The van der Waals surface area contributed by atoms with Crippen molar-refractivity contribution in [2.24, 2.45) is 7.05 Å². The van der Waals surface area contributed by atoms with Gasteiger partial charge in [-0.05, 0) is 86.2 Å². The van der Waals surface area contributed by atoms with Crippen LogP contribution in [-0.2, 0) is 7.05 Å². The van der Waals surface area contributed by atoms with Gasteiger partial charge in [-0.3, -0.25) is 9.59 Å². The van der Waals surface area contributed by atoms with Crippen LogP contribution in [-0.4, -0.2) is 58.6 Å². The van der Waals surface area contributed by atoms with E-state index in [4.69, 9.17) is 0 Å². The molecular weight excluding hydrogens is 553 g/mol. The first-order chi connectivity index (χ1) is 20.3. The molecule has 216 valence electrons. The lowest BCUT2D eigenvalue weighted by molar-refractivity contribution is 0.102. The third-order valence-electron chi connectivity index (χ3n) is 8.67. The van der Waals surface area contributed by atoms with Crippen LogP contribution in [0.2, 0.25) is 0 Å². The quantitative estimate of drug-likeness (QED) is 0.323. The number of amides is 1. The number of piperazine rings is 1. The number of carbonyl (C=O) groups excluding carboxylic acids is 1. The third-order valence-corrected chi connectivity index (χ3v) is 9.98. The summed E-state index contributed by atoms with van der Waals surface area (Å²) < 4.78 is 16.2. The minimum atomic E-state index is -0.639. The first kappa shape index (κ1) is 26.8. The zero-order valence-electron chi connectivity index (χ0n) is 23.6. The summed E-state index contributed by atoms with van der Waals surface area (Å²) in [5.74, 6) is 0.0613. The van der Waals surface area contributed by atoms with Crippen molar-refractivity contribution in [3.8, 4) is 11.4 Å². The number of benzene rings is 1. The van der Waals surface area contributed by atoms with E-state index in [-0.39, 0.29) is 23.1 Å². The third kappa shape index (κ3) is 4.96. The molecular formula is C31H32FN7O2S.